The molecule has 6 aromatic rings. The van der Waals surface area contributed by atoms with E-state index in [-0.39, 0.29) is 11.5 Å². The second-order valence-corrected chi connectivity index (χ2v) is 17.8. The van der Waals surface area contributed by atoms with Crippen LogP contribution in [0.15, 0.2) is 140 Å². The van der Waals surface area contributed by atoms with E-state index in [9.17, 15) is 4.21 Å². The molecule has 1 aliphatic rings. The predicted octanol–water partition coefficient (Wildman–Crippen LogP) is 9.17. The summed E-state index contributed by atoms with van der Waals surface area (Å²) in [5, 5.41) is 6.02. The van der Waals surface area contributed by atoms with Crippen LogP contribution in [0.3, 0.4) is 0 Å². The van der Waals surface area contributed by atoms with Crippen LogP contribution in [0.1, 0.15) is 62.9 Å². The Kier molecular flexibility index (Phi) is 8.39. The van der Waals surface area contributed by atoms with E-state index in [1.54, 1.807) is 0 Å². The maximum absolute atomic E-state index is 13.9. The molecular weight excluding hydrogens is 614 g/mol. The molecule has 0 fully saturated rings. The highest BCUT2D eigenvalue weighted by Crippen LogP contribution is 2.53. The summed E-state index contributed by atoms with van der Waals surface area (Å²) >= 11 is 0. The number of para-hydroxylation sites is 2. The van der Waals surface area contributed by atoms with Crippen molar-refractivity contribution in [1.29, 1.82) is 0 Å². The Morgan fingerprint density at radius 3 is 1.83 bits per heavy atom. The quantitative estimate of drug-likeness (QED) is 0.175. The third kappa shape index (κ3) is 5.84. The summed E-state index contributed by atoms with van der Waals surface area (Å²) in [5.41, 5.74) is 4.01. The van der Waals surface area contributed by atoms with Gasteiger partial charge in [0.05, 0.1) is 21.8 Å². The highest BCUT2D eigenvalue weighted by atomic mass is 32.2. The lowest BCUT2D eigenvalue weighted by molar-refractivity contribution is 0.413. The van der Waals surface area contributed by atoms with Crippen LogP contribution in [0.4, 0.5) is 0 Å². The topological polar surface area (TPSA) is 38.3 Å². The van der Waals surface area contributed by atoms with Crippen molar-refractivity contribution >= 4 is 45.6 Å². The molecule has 236 valence electrons. The van der Waals surface area contributed by atoms with Crippen molar-refractivity contribution < 1.29 is 8.95 Å². The van der Waals surface area contributed by atoms with Crippen molar-refractivity contribution in [3.63, 3.8) is 0 Å². The Labute approximate surface area is 282 Å². The SMILES string of the molecule is CC1(C)c2cccc([C@@H](N[S@](=O)C(C)(C)C)c3cccc4ccccc34)c2Oc2c(P(c3ccccc3)c3ccccc3)cccc21. The fourth-order valence-electron chi connectivity index (χ4n) is 6.60. The van der Waals surface area contributed by atoms with E-state index in [1.165, 1.54) is 21.5 Å². The van der Waals surface area contributed by atoms with Gasteiger partial charge in [0, 0.05) is 27.4 Å². The second kappa shape index (κ2) is 12.5. The lowest BCUT2D eigenvalue weighted by atomic mass is 9.74. The van der Waals surface area contributed by atoms with E-state index in [1.807, 2.05) is 20.8 Å². The summed E-state index contributed by atoms with van der Waals surface area (Å²) in [6.45, 7) is 10.6. The zero-order valence-corrected chi connectivity index (χ0v) is 29.2. The van der Waals surface area contributed by atoms with Crippen LogP contribution in [0.5, 0.6) is 11.5 Å². The summed E-state index contributed by atoms with van der Waals surface area (Å²) < 4.78 is 24.2. The summed E-state index contributed by atoms with van der Waals surface area (Å²) in [7, 11) is -2.24. The molecule has 3 nitrogen and oxygen atoms in total. The van der Waals surface area contributed by atoms with E-state index in [0.29, 0.717) is 0 Å². The molecule has 0 saturated heterocycles. The van der Waals surface area contributed by atoms with Gasteiger partial charge in [-0.1, -0.05) is 153 Å². The third-order valence-electron chi connectivity index (χ3n) is 9.09. The Hall–Kier alpha value is -4.08. The minimum atomic E-state index is -1.34. The summed E-state index contributed by atoms with van der Waals surface area (Å²) in [5.74, 6) is 1.76. The van der Waals surface area contributed by atoms with Gasteiger partial charge in [0.1, 0.15) is 11.5 Å². The van der Waals surface area contributed by atoms with Crippen molar-refractivity contribution in [1.82, 2.24) is 4.72 Å². The van der Waals surface area contributed by atoms with Gasteiger partial charge in [-0.3, -0.25) is 0 Å². The van der Waals surface area contributed by atoms with Crippen LogP contribution < -0.4 is 25.4 Å². The first kappa shape index (κ1) is 31.5. The first-order chi connectivity index (χ1) is 22.6. The normalized spacial score (nSPS) is 15.0. The molecule has 0 saturated carbocycles. The van der Waals surface area contributed by atoms with Gasteiger partial charge in [-0.25, -0.2) is 8.93 Å². The van der Waals surface area contributed by atoms with Crippen LogP contribution in [0, 0.1) is 0 Å². The second-order valence-electron chi connectivity index (χ2n) is 13.6. The van der Waals surface area contributed by atoms with E-state index in [0.717, 1.165) is 39.0 Å². The average molecular weight is 654 g/mol. The molecule has 2 atom stereocenters. The fourth-order valence-corrected chi connectivity index (χ4v) is 9.82. The lowest BCUT2D eigenvalue weighted by Gasteiger charge is -2.38. The summed E-state index contributed by atoms with van der Waals surface area (Å²) in [6.07, 6.45) is 0. The molecule has 7 rings (SSSR count). The van der Waals surface area contributed by atoms with Crippen molar-refractivity contribution in [2.45, 2.75) is 50.8 Å². The third-order valence-corrected chi connectivity index (χ3v) is 13.1. The summed E-state index contributed by atoms with van der Waals surface area (Å²) in [4.78, 5) is 0. The highest BCUT2D eigenvalue weighted by Gasteiger charge is 2.39. The van der Waals surface area contributed by atoms with E-state index in [4.69, 9.17) is 4.74 Å². The number of hydrogen-bond acceptors (Lipinski definition) is 2. The maximum Gasteiger partial charge on any atom is 0.139 e. The number of nitrogens with one attached hydrogen (secondary N) is 1. The summed E-state index contributed by atoms with van der Waals surface area (Å²) in [6, 6.07) is 49.1. The largest absolute Gasteiger partial charge is 0.456 e. The predicted molar refractivity (Wildman–Crippen MR) is 201 cm³/mol. The van der Waals surface area contributed by atoms with Gasteiger partial charge in [-0.05, 0) is 55.6 Å². The molecule has 0 spiro atoms. The molecule has 0 unspecified atom stereocenters. The minimum Gasteiger partial charge on any atom is -0.456 e. The van der Waals surface area contributed by atoms with Crippen molar-refractivity contribution in [2.75, 3.05) is 0 Å². The van der Waals surface area contributed by atoms with E-state index >= 15 is 0 Å². The Bertz CT molecular complexity index is 2040. The number of rotatable bonds is 7. The van der Waals surface area contributed by atoms with Crippen LogP contribution in [0.2, 0.25) is 0 Å². The zero-order valence-electron chi connectivity index (χ0n) is 27.5. The zero-order chi connectivity index (χ0) is 32.8. The number of fused-ring (bicyclic) bond motifs is 3. The number of ether oxygens (including phenoxy) is 1. The maximum atomic E-state index is 13.9. The van der Waals surface area contributed by atoms with Gasteiger partial charge in [-0.15, -0.1) is 0 Å². The first-order valence-corrected chi connectivity index (χ1v) is 18.6. The molecule has 0 aliphatic carbocycles. The average Bonchev–Trinajstić information content (AvgIpc) is 3.08. The van der Waals surface area contributed by atoms with Gasteiger partial charge < -0.3 is 4.74 Å². The number of hydrogen-bond donors (Lipinski definition) is 1. The minimum absolute atomic E-state index is 0.337. The molecule has 5 heteroatoms. The van der Waals surface area contributed by atoms with Gasteiger partial charge in [0.15, 0.2) is 0 Å². The monoisotopic (exact) mass is 653 g/mol. The van der Waals surface area contributed by atoms with Crippen molar-refractivity contribution in [2.24, 2.45) is 0 Å². The molecule has 1 N–H and O–H groups in total. The van der Waals surface area contributed by atoms with Gasteiger partial charge >= 0.3 is 0 Å². The molecule has 0 bridgehead atoms. The van der Waals surface area contributed by atoms with Crippen LogP contribution in [-0.4, -0.2) is 8.96 Å². The number of benzene rings is 6. The van der Waals surface area contributed by atoms with Crippen molar-refractivity contribution in [3.05, 3.63) is 162 Å². The van der Waals surface area contributed by atoms with E-state index < -0.39 is 23.7 Å². The fraction of sp³-hybridized carbons (Fsp3) is 0.190. The standard InChI is InChI=1S/C42H40NO2PS/c1-41(2,3)47(44)43-38(33-24-14-18-29-17-12-13-23-32(29)33)34-25-15-26-35-39(34)45-40-36(42(35,4)5)27-16-28-37(40)46(30-19-8-6-9-20-30)31-21-10-7-11-22-31/h6-28,38,43H,1-5H3/t38-,47+/m0/s1. The van der Waals surface area contributed by atoms with Crippen LogP contribution in [-0.2, 0) is 16.4 Å². The molecule has 1 aliphatic heterocycles. The Balaban J connectivity index is 1.45. The lowest BCUT2D eigenvalue weighted by Crippen LogP contribution is -2.37. The molecule has 0 amide bonds. The van der Waals surface area contributed by atoms with Gasteiger partial charge in [0.2, 0.25) is 0 Å². The van der Waals surface area contributed by atoms with Gasteiger partial charge in [0.25, 0.3) is 0 Å². The molecule has 6 aromatic carbocycles. The Morgan fingerprint density at radius 1 is 0.638 bits per heavy atom. The van der Waals surface area contributed by atoms with Gasteiger partial charge in [-0.2, -0.15) is 0 Å². The molecule has 0 aromatic heterocycles. The first-order valence-electron chi connectivity index (χ1n) is 16.2. The van der Waals surface area contributed by atoms with Crippen LogP contribution >= 0.6 is 7.92 Å². The van der Waals surface area contributed by atoms with Crippen LogP contribution in [0.25, 0.3) is 10.8 Å². The van der Waals surface area contributed by atoms with Crippen molar-refractivity contribution in [3.8, 4) is 11.5 Å². The molecular formula is C42H40NO2PS. The molecule has 0 radical (unpaired) electrons. The van der Waals surface area contributed by atoms with E-state index in [2.05, 4.69) is 158 Å². The highest BCUT2D eigenvalue weighted by molar-refractivity contribution is 7.84. The molecule has 1 heterocycles. The smallest absolute Gasteiger partial charge is 0.139 e. The molecule has 47 heavy (non-hydrogen) atoms. The Morgan fingerprint density at radius 2 is 1.17 bits per heavy atom.